The third-order valence-corrected chi connectivity index (χ3v) is 4.61. The van der Waals surface area contributed by atoms with Crippen molar-refractivity contribution in [1.29, 1.82) is 0 Å². The monoisotopic (exact) mass is 348 g/mol. The highest BCUT2D eigenvalue weighted by Crippen LogP contribution is 2.17. The van der Waals surface area contributed by atoms with Gasteiger partial charge in [-0.15, -0.1) is 0 Å². The highest BCUT2D eigenvalue weighted by atomic mass is 79.9. The molecule has 0 bridgehead atoms. The van der Waals surface area contributed by atoms with E-state index in [9.17, 15) is 4.79 Å². The molecule has 0 aliphatic carbocycles. The molecule has 5 heteroatoms. The van der Waals surface area contributed by atoms with Crippen molar-refractivity contribution in [2.45, 2.75) is 18.9 Å². The Balaban J connectivity index is 2.77. The summed E-state index contributed by atoms with van der Waals surface area (Å²) in [4.78, 5) is 15.9. The van der Waals surface area contributed by atoms with Crippen LogP contribution in [0.4, 0.5) is 0 Å². The van der Waals surface area contributed by atoms with Gasteiger partial charge in [-0.2, -0.15) is 0 Å². The van der Waals surface area contributed by atoms with Gasteiger partial charge in [-0.1, -0.05) is 44.8 Å². The summed E-state index contributed by atoms with van der Waals surface area (Å²) in [7, 11) is 0. The van der Waals surface area contributed by atoms with E-state index < -0.39 is 0 Å². The Bertz CT molecular complexity index is 331. The lowest BCUT2D eigenvalue weighted by Crippen LogP contribution is -2.51. The molecule has 1 heterocycles. The Morgan fingerprint density at radius 1 is 1.44 bits per heavy atom. The van der Waals surface area contributed by atoms with E-state index in [0.717, 1.165) is 6.42 Å². The molecule has 0 radical (unpaired) electrons. The van der Waals surface area contributed by atoms with E-state index in [1.54, 1.807) is 24.4 Å². The molecule has 0 atom stereocenters. The van der Waals surface area contributed by atoms with E-state index in [-0.39, 0.29) is 11.4 Å². The molecule has 0 aromatic carbocycles. The first-order chi connectivity index (χ1) is 7.67. The second-order valence-electron chi connectivity index (χ2n) is 3.57. The van der Waals surface area contributed by atoms with E-state index in [1.165, 1.54) is 0 Å². The summed E-state index contributed by atoms with van der Waals surface area (Å²) in [5.74, 6) is -0.138. The number of amides is 1. The largest absolute Gasteiger partial charge is 0.344 e. The van der Waals surface area contributed by atoms with Crippen LogP contribution >= 0.6 is 31.9 Å². The number of hydrogen-bond acceptors (Lipinski definition) is 2. The Hall–Kier alpha value is -0.420. The first kappa shape index (κ1) is 13.6. The molecule has 0 spiro atoms. The summed E-state index contributed by atoms with van der Waals surface area (Å²) < 4.78 is 0. The number of pyridine rings is 1. The fourth-order valence-electron chi connectivity index (χ4n) is 1.18. The molecule has 88 valence electrons. The van der Waals surface area contributed by atoms with Gasteiger partial charge >= 0.3 is 0 Å². The van der Waals surface area contributed by atoms with Gasteiger partial charge in [-0.05, 0) is 18.6 Å². The first-order valence-corrected chi connectivity index (χ1v) is 7.27. The van der Waals surface area contributed by atoms with E-state index in [1.807, 2.05) is 6.92 Å². The molecule has 0 saturated heterocycles. The van der Waals surface area contributed by atoms with Crippen LogP contribution in [0.5, 0.6) is 0 Å². The third-order valence-electron chi connectivity index (χ3n) is 2.46. The van der Waals surface area contributed by atoms with Crippen molar-refractivity contribution in [1.82, 2.24) is 10.3 Å². The van der Waals surface area contributed by atoms with Crippen molar-refractivity contribution in [2.75, 3.05) is 10.7 Å². The standard InChI is InChI=1S/C11H14Br2N2O/c1-2-11(7-12,8-13)15-10(16)9-5-3-4-6-14-9/h3-6H,2,7-8H2,1H3,(H,15,16). The lowest BCUT2D eigenvalue weighted by molar-refractivity contribution is 0.0910. The molecule has 0 saturated carbocycles. The van der Waals surface area contributed by atoms with E-state index in [4.69, 9.17) is 0 Å². The molecule has 0 unspecified atom stereocenters. The van der Waals surface area contributed by atoms with Crippen LogP contribution in [0.15, 0.2) is 24.4 Å². The molecule has 16 heavy (non-hydrogen) atoms. The van der Waals surface area contributed by atoms with Gasteiger partial charge < -0.3 is 5.32 Å². The van der Waals surface area contributed by atoms with Crippen LogP contribution in [0.25, 0.3) is 0 Å². The average molecular weight is 350 g/mol. The van der Waals surface area contributed by atoms with Crippen LogP contribution < -0.4 is 5.32 Å². The molecule has 0 aliphatic rings. The van der Waals surface area contributed by atoms with Gasteiger partial charge in [0.25, 0.3) is 5.91 Å². The summed E-state index contributed by atoms with van der Waals surface area (Å²) >= 11 is 6.86. The van der Waals surface area contributed by atoms with Crippen molar-refractivity contribution in [3.05, 3.63) is 30.1 Å². The maximum Gasteiger partial charge on any atom is 0.270 e. The number of hydrogen-bond donors (Lipinski definition) is 1. The fraction of sp³-hybridized carbons (Fsp3) is 0.455. The topological polar surface area (TPSA) is 42.0 Å². The van der Waals surface area contributed by atoms with Crippen LogP contribution in [0.3, 0.4) is 0 Å². The number of alkyl halides is 2. The highest BCUT2D eigenvalue weighted by Gasteiger charge is 2.28. The Labute approximate surface area is 112 Å². The van der Waals surface area contributed by atoms with Crippen molar-refractivity contribution in [3.63, 3.8) is 0 Å². The molecule has 3 nitrogen and oxygen atoms in total. The van der Waals surface area contributed by atoms with Gasteiger partial charge in [-0.3, -0.25) is 9.78 Å². The zero-order chi connectivity index (χ0) is 12.0. The predicted molar refractivity (Wildman–Crippen MR) is 72.3 cm³/mol. The smallest absolute Gasteiger partial charge is 0.270 e. The van der Waals surface area contributed by atoms with Crippen LogP contribution in [0.2, 0.25) is 0 Å². The molecule has 1 rings (SSSR count). The second kappa shape index (κ2) is 6.35. The summed E-state index contributed by atoms with van der Waals surface area (Å²) in [6.07, 6.45) is 2.47. The summed E-state index contributed by atoms with van der Waals surface area (Å²) in [5, 5.41) is 4.42. The normalized spacial score (nSPS) is 11.2. The molecular weight excluding hydrogens is 336 g/mol. The third kappa shape index (κ3) is 3.28. The van der Waals surface area contributed by atoms with Crippen LogP contribution in [-0.4, -0.2) is 27.1 Å². The van der Waals surface area contributed by atoms with E-state index in [2.05, 4.69) is 42.2 Å². The number of nitrogens with one attached hydrogen (secondary N) is 1. The van der Waals surface area contributed by atoms with Crippen molar-refractivity contribution >= 4 is 37.8 Å². The molecule has 0 fully saturated rings. The van der Waals surface area contributed by atoms with Crippen LogP contribution in [0.1, 0.15) is 23.8 Å². The lowest BCUT2D eigenvalue weighted by atomic mass is 10.0. The Morgan fingerprint density at radius 3 is 2.56 bits per heavy atom. The molecular formula is C11H14Br2N2O. The number of carbonyl (C=O) groups is 1. The van der Waals surface area contributed by atoms with Crippen LogP contribution in [0, 0.1) is 0 Å². The zero-order valence-electron chi connectivity index (χ0n) is 9.04. The highest BCUT2D eigenvalue weighted by molar-refractivity contribution is 9.09. The number of rotatable bonds is 5. The Morgan fingerprint density at radius 2 is 2.12 bits per heavy atom. The SMILES string of the molecule is CCC(CBr)(CBr)NC(=O)c1ccccn1. The first-order valence-electron chi connectivity index (χ1n) is 5.03. The van der Waals surface area contributed by atoms with Gasteiger partial charge in [0.1, 0.15) is 5.69 Å². The minimum atomic E-state index is -0.255. The molecule has 1 aromatic heterocycles. The number of aromatic nitrogens is 1. The van der Waals surface area contributed by atoms with Gasteiger partial charge in [0.15, 0.2) is 0 Å². The molecule has 1 amide bonds. The quantitative estimate of drug-likeness (QED) is 0.830. The maximum absolute atomic E-state index is 11.9. The van der Waals surface area contributed by atoms with E-state index >= 15 is 0 Å². The average Bonchev–Trinajstić information content (AvgIpc) is 2.37. The lowest BCUT2D eigenvalue weighted by Gasteiger charge is -2.29. The second-order valence-corrected chi connectivity index (χ2v) is 4.69. The van der Waals surface area contributed by atoms with Crippen LogP contribution in [-0.2, 0) is 0 Å². The fourth-order valence-corrected chi connectivity index (χ4v) is 3.18. The van der Waals surface area contributed by atoms with Gasteiger partial charge in [0.05, 0.1) is 5.54 Å². The molecule has 1 N–H and O–H groups in total. The maximum atomic E-state index is 11.9. The minimum Gasteiger partial charge on any atom is -0.344 e. The number of nitrogens with zero attached hydrogens (tertiary/aromatic N) is 1. The summed E-state index contributed by atoms with van der Waals surface area (Å²) in [5.41, 5.74) is 0.191. The number of halogens is 2. The van der Waals surface area contributed by atoms with Gasteiger partial charge in [-0.25, -0.2) is 0 Å². The predicted octanol–water partition coefficient (Wildman–Crippen LogP) is 2.75. The Kier molecular flexibility index (Phi) is 5.41. The van der Waals surface area contributed by atoms with E-state index in [0.29, 0.717) is 16.4 Å². The van der Waals surface area contributed by atoms with Crippen molar-refractivity contribution < 1.29 is 4.79 Å². The summed E-state index contributed by atoms with van der Waals surface area (Å²) in [6, 6.07) is 5.30. The van der Waals surface area contributed by atoms with Gasteiger partial charge in [0, 0.05) is 16.9 Å². The molecule has 1 aromatic rings. The minimum absolute atomic E-state index is 0.138. The van der Waals surface area contributed by atoms with Crippen molar-refractivity contribution in [3.8, 4) is 0 Å². The van der Waals surface area contributed by atoms with Crippen molar-refractivity contribution in [2.24, 2.45) is 0 Å². The summed E-state index contributed by atoms with van der Waals surface area (Å²) in [6.45, 7) is 2.04. The van der Waals surface area contributed by atoms with Gasteiger partial charge in [0.2, 0.25) is 0 Å². The zero-order valence-corrected chi connectivity index (χ0v) is 12.2. The number of carbonyl (C=O) groups excluding carboxylic acids is 1. The molecule has 0 aliphatic heterocycles.